The summed E-state index contributed by atoms with van der Waals surface area (Å²) < 4.78 is 38.8. The zero-order valence-electron chi connectivity index (χ0n) is 18.3. The summed E-state index contributed by atoms with van der Waals surface area (Å²) >= 11 is 0. The number of sulfonamides is 1. The Balaban J connectivity index is 1.43. The Morgan fingerprint density at radius 3 is 2.38 bits per heavy atom. The summed E-state index contributed by atoms with van der Waals surface area (Å²) in [5, 5.41) is 0. The normalized spacial score (nSPS) is 14.7. The zero-order chi connectivity index (χ0) is 24.1. The molecule has 0 saturated heterocycles. The van der Waals surface area contributed by atoms with Crippen LogP contribution in [-0.4, -0.2) is 39.5 Å². The van der Waals surface area contributed by atoms with Gasteiger partial charge in [-0.15, -0.1) is 0 Å². The summed E-state index contributed by atoms with van der Waals surface area (Å²) in [6, 6.07) is 21.2. The second-order valence-electron chi connectivity index (χ2n) is 7.34. The second-order valence-corrected chi connectivity index (χ2v) is 9.20. The fraction of sp³-hybridized carbons (Fsp3) is 0.167. The van der Waals surface area contributed by atoms with Crippen molar-refractivity contribution >= 4 is 27.5 Å². The van der Waals surface area contributed by atoms with Crippen molar-refractivity contribution < 1.29 is 27.5 Å². The van der Waals surface area contributed by atoms with Crippen LogP contribution in [0, 0.1) is 0 Å². The minimum absolute atomic E-state index is 0.0151. The molecule has 2 amide bonds. The van der Waals surface area contributed by atoms with E-state index in [0.29, 0.717) is 17.2 Å². The van der Waals surface area contributed by atoms with Crippen LogP contribution in [0.25, 0.3) is 0 Å². The number of ether oxygens (including phenoxy) is 2. The number of carbonyl (C=O) groups is 2. The number of hydrazine groups is 1. The molecule has 0 spiro atoms. The van der Waals surface area contributed by atoms with E-state index in [4.69, 9.17) is 9.47 Å². The topological polar surface area (TPSA) is 114 Å². The van der Waals surface area contributed by atoms with Crippen LogP contribution >= 0.6 is 0 Å². The Kier molecular flexibility index (Phi) is 6.69. The number of hydrogen-bond donors (Lipinski definition) is 2. The van der Waals surface area contributed by atoms with E-state index in [1.807, 2.05) is 0 Å². The number of para-hydroxylation sites is 3. The van der Waals surface area contributed by atoms with Crippen molar-refractivity contribution in [2.75, 3.05) is 17.5 Å². The number of nitrogens with one attached hydrogen (secondary N) is 2. The molecular formula is C24H23N3O6S. The predicted octanol–water partition coefficient (Wildman–Crippen LogP) is 2.50. The first kappa shape index (κ1) is 23.1. The molecule has 176 valence electrons. The van der Waals surface area contributed by atoms with Crippen LogP contribution in [0.15, 0.2) is 83.8 Å². The lowest BCUT2D eigenvalue weighted by molar-refractivity contribution is -0.131. The molecule has 0 saturated carbocycles. The molecule has 0 radical (unpaired) electrons. The highest BCUT2D eigenvalue weighted by Gasteiger charge is 2.28. The van der Waals surface area contributed by atoms with Crippen molar-refractivity contribution in [2.45, 2.75) is 17.9 Å². The first-order chi connectivity index (χ1) is 16.4. The van der Waals surface area contributed by atoms with Crippen molar-refractivity contribution in [1.82, 2.24) is 10.9 Å². The van der Waals surface area contributed by atoms with Crippen molar-refractivity contribution in [3.05, 3.63) is 84.4 Å². The Morgan fingerprint density at radius 2 is 1.65 bits per heavy atom. The molecule has 9 nitrogen and oxygen atoms in total. The molecule has 0 aromatic heterocycles. The van der Waals surface area contributed by atoms with E-state index < -0.39 is 27.9 Å². The highest BCUT2D eigenvalue weighted by atomic mass is 32.2. The molecule has 3 aromatic rings. The van der Waals surface area contributed by atoms with Gasteiger partial charge in [-0.1, -0.05) is 36.4 Å². The van der Waals surface area contributed by atoms with Gasteiger partial charge < -0.3 is 9.47 Å². The summed E-state index contributed by atoms with van der Waals surface area (Å²) in [6.07, 6.45) is -0.953. The van der Waals surface area contributed by atoms with Crippen LogP contribution in [0.4, 0.5) is 5.69 Å². The molecule has 0 unspecified atom stereocenters. The van der Waals surface area contributed by atoms with Gasteiger partial charge in [-0.05, 0) is 49.4 Å². The van der Waals surface area contributed by atoms with Crippen LogP contribution in [0.2, 0.25) is 0 Å². The highest BCUT2D eigenvalue weighted by molar-refractivity contribution is 7.92. The fourth-order valence-corrected chi connectivity index (χ4v) is 4.95. The number of benzene rings is 3. The second kappa shape index (κ2) is 9.84. The average Bonchev–Trinajstić information content (AvgIpc) is 2.87. The number of rotatable bonds is 6. The Labute approximate surface area is 197 Å². The van der Waals surface area contributed by atoms with Gasteiger partial charge in [0.2, 0.25) is 6.10 Å². The van der Waals surface area contributed by atoms with Gasteiger partial charge in [0.1, 0.15) is 6.61 Å². The fourth-order valence-electron chi connectivity index (χ4n) is 3.43. The number of anilines is 1. The van der Waals surface area contributed by atoms with Crippen LogP contribution in [-0.2, 0) is 14.8 Å². The van der Waals surface area contributed by atoms with Gasteiger partial charge in [0.05, 0.1) is 10.6 Å². The molecule has 0 bridgehead atoms. The molecule has 1 aliphatic rings. The standard InChI is InChI=1S/C24H23N3O6S/c1-2-27(18-10-4-3-5-11-18)34(30,31)19-12-8-9-17(15-19)23(28)25-26-24(29)22-16-32-20-13-6-7-14-21(20)33-22/h3-15,22H,2,16H2,1H3,(H,25,28)(H,26,29)/t22-/m0/s1. The van der Waals surface area contributed by atoms with Crippen LogP contribution in [0.1, 0.15) is 17.3 Å². The Hall–Kier alpha value is -4.05. The molecule has 1 heterocycles. The predicted molar refractivity (Wildman–Crippen MR) is 125 cm³/mol. The van der Waals surface area contributed by atoms with E-state index in [1.165, 1.54) is 28.6 Å². The van der Waals surface area contributed by atoms with Crippen LogP contribution < -0.4 is 24.6 Å². The van der Waals surface area contributed by atoms with Crippen LogP contribution in [0.5, 0.6) is 11.5 Å². The SMILES string of the molecule is CCN(c1ccccc1)S(=O)(=O)c1cccc(C(=O)NNC(=O)[C@@H]2COc3ccccc3O2)c1. The van der Waals surface area contributed by atoms with Gasteiger partial charge in [-0.25, -0.2) is 8.42 Å². The minimum atomic E-state index is -3.91. The molecule has 0 aliphatic carbocycles. The van der Waals surface area contributed by atoms with Gasteiger partial charge in [0.25, 0.3) is 21.8 Å². The summed E-state index contributed by atoms with van der Waals surface area (Å²) in [6.45, 7) is 1.93. The first-order valence-corrected chi connectivity index (χ1v) is 12.0. The van der Waals surface area contributed by atoms with E-state index in [9.17, 15) is 18.0 Å². The number of hydrogen-bond acceptors (Lipinski definition) is 6. The third kappa shape index (κ3) is 4.81. The van der Waals surface area contributed by atoms with Crippen molar-refractivity contribution in [3.8, 4) is 11.5 Å². The maximum absolute atomic E-state index is 13.2. The van der Waals surface area contributed by atoms with Crippen molar-refractivity contribution in [3.63, 3.8) is 0 Å². The van der Waals surface area contributed by atoms with E-state index in [2.05, 4.69) is 10.9 Å². The molecule has 1 atom stereocenters. The largest absolute Gasteiger partial charge is 0.485 e. The maximum atomic E-state index is 13.2. The Morgan fingerprint density at radius 1 is 0.941 bits per heavy atom. The van der Waals surface area contributed by atoms with Crippen molar-refractivity contribution in [1.29, 1.82) is 0 Å². The molecular weight excluding hydrogens is 458 g/mol. The summed E-state index contributed by atoms with van der Waals surface area (Å²) in [4.78, 5) is 25.0. The molecule has 3 aromatic carbocycles. The zero-order valence-corrected chi connectivity index (χ0v) is 19.1. The molecule has 2 N–H and O–H groups in total. The molecule has 10 heteroatoms. The van der Waals surface area contributed by atoms with E-state index in [1.54, 1.807) is 61.5 Å². The van der Waals surface area contributed by atoms with Gasteiger partial charge >= 0.3 is 0 Å². The lowest BCUT2D eigenvalue weighted by Crippen LogP contribution is -2.50. The highest BCUT2D eigenvalue weighted by Crippen LogP contribution is 2.30. The molecule has 1 aliphatic heterocycles. The summed E-state index contributed by atoms with van der Waals surface area (Å²) in [5.41, 5.74) is 5.17. The first-order valence-electron chi connectivity index (χ1n) is 10.6. The lowest BCUT2D eigenvalue weighted by atomic mass is 10.2. The smallest absolute Gasteiger partial charge is 0.283 e. The Bertz CT molecular complexity index is 1300. The van der Waals surface area contributed by atoms with Gasteiger partial charge in [-0.3, -0.25) is 24.7 Å². The number of amides is 2. The third-order valence-corrected chi connectivity index (χ3v) is 7.01. The quantitative estimate of drug-likeness (QED) is 0.523. The monoisotopic (exact) mass is 481 g/mol. The molecule has 34 heavy (non-hydrogen) atoms. The van der Waals surface area contributed by atoms with Crippen molar-refractivity contribution in [2.24, 2.45) is 0 Å². The van der Waals surface area contributed by atoms with E-state index >= 15 is 0 Å². The number of nitrogens with zero attached hydrogens (tertiary/aromatic N) is 1. The van der Waals surface area contributed by atoms with Crippen LogP contribution in [0.3, 0.4) is 0 Å². The minimum Gasteiger partial charge on any atom is -0.485 e. The molecule has 4 rings (SSSR count). The average molecular weight is 482 g/mol. The third-order valence-electron chi connectivity index (χ3n) is 5.12. The lowest BCUT2D eigenvalue weighted by Gasteiger charge is -2.25. The summed E-state index contributed by atoms with van der Waals surface area (Å²) in [5.74, 6) is -0.319. The molecule has 0 fully saturated rings. The maximum Gasteiger partial charge on any atom is 0.283 e. The van der Waals surface area contributed by atoms with Gasteiger partial charge in [-0.2, -0.15) is 0 Å². The number of carbonyl (C=O) groups excluding carboxylic acids is 2. The number of fused-ring (bicyclic) bond motifs is 1. The summed E-state index contributed by atoms with van der Waals surface area (Å²) in [7, 11) is -3.91. The van der Waals surface area contributed by atoms with Gasteiger partial charge in [0.15, 0.2) is 11.5 Å². The van der Waals surface area contributed by atoms with E-state index in [0.717, 1.165) is 0 Å². The van der Waals surface area contributed by atoms with Gasteiger partial charge in [0, 0.05) is 12.1 Å². The van der Waals surface area contributed by atoms with E-state index in [-0.39, 0.29) is 23.6 Å².